The lowest BCUT2D eigenvalue weighted by Gasteiger charge is -2.04. The topological polar surface area (TPSA) is 129 Å². The minimum Gasteiger partial charge on any atom is -0.258 e. The molecule has 9 nitrogen and oxygen atoms in total. The molecule has 22 heavy (non-hydrogen) atoms. The zero-order valence-electron chi connectivity index (χ0n) is 11.0. The molecule has 0 fully saturated rings. The summed E-state index contributed by atoms with van der Waals surface area (Å²) in [5, 5.41) is 32.7. The fourth-order valence-corrected chi connectivity index (χ4v) is 2.03. The van der Waals surface area contributed by atoms with E-state index in [2.05, 4.69) is 0 Å². The largest absolute Gasteiger partial charge is 0.279 e. The van der Waals surface area contributed by atoms with E-state index in [-0.39, 0.29) is 17.7 Å². The minimum atomic E-state index is -0.739. The van der Waals surface area contributed by atoms with Crippen LogP contribution in [0.3, 0.4) is 0 Å². The van der Waals surface area contributed by atoms with Crippen molar-refractivity contribution in [2.24, 2.45) is 0 Å². The van der Waals surface area contributed by atoms with Gasteiger partial charge < -0.3 is 0 Å². The average Bonchev–Trinajstić information content (AvgIpc) is 2.47. The number of nitrogens with zero attached hydrogens (tertiary/aromatic N) is 3. The van der Waals surface area contributed by atoms with Crippen LogP contribution in [0.5, 0.6) is 0 Å². The highest BCUT2D eigenvalue weighted by Gasteiger charge is 2.22. The van der Waals surface area contributed by atoms with Crippen molar-refractivity contribution in [1.29, 1.82) is 0 Å². The Bertz CT molecular complexity index is 774. The third-order valence-corrected chi connectivity index (χ3v) is 3.05. The molecule has 0 bridgehead atoms. The Hall–Kier alpha value is -3.36. The Morgan fingerprint density at radius 1 is 0.727 bits per heavy atom. The molecule has 112 valence electrons. The van der Waals surface area contributed by atoms with Crippen molar-refractivity contribution in [1.82, 2.24) is 0 Å². The number of rotatable bonds is 5. The molecule has 0 N–H and O–H groups in total. The summed E-state index contributed by atoms with van der Waals surface area (Å²) in [4.78, 5) is 30.6. The van der Waals surface area contributed by atoms with Crippen molar-refractivity contribution < 1.29 is 14.8 Å². The van der Waals surface area contributed by atoms with Gasteiger partial charge in [0.25, 0.3) is 17.1 Å². The lowest BCUT2D eigenvalue weighted by molar-refractivity contribution is -0.394. The van der Waals surface area contributed by atoms with E-state index in [1.807, 2.05) is 0 Å². The lowest BCUT2D eigenvalue weighted by atomic mass is 10.0. The molecule has 0 heterocycles. The molecule has 0 aliphatic heterocycles. The second-order valence-corrected chi connectivity index (χ2v) is 4.39. The highest BCUT2D eigenvalue weighted by Crippen LogP contribution is 2.29. The zero-order valence-corrected chi connectivity index (χ0v) is 11.0. The molecule has 0 aliphatic rings. The smallest absolute Gasteiger partial charge is 0.258 e. The van der Waals surface area contributed by atoms with Gasteiger partial charge in [0.15, 0.2) is 0 Å². The molecule has 0 saturated carbocycles. The minimum absolute atomic E-state index is 0.0640. The van der Waals surface area contributed by atoms with Gasteiger partial charge in [0.2, 0.25) is 0 Å². The highest BCUT2D eigenvalue weighted by molar-refractivity contribution is 5.53. The summed E-state index contributed by atoms with van der Waals surface area (Å²) >= 11 is 0. The standard InChI is InChI=1S/C13H9N3O6/c17-14(18)11-6-5-10(13(8-11)16(21)22)7-9-3-1-2-4-12(9)15(19)20/h1-6,8H,7H2. The van der Waals surface area contributed by atoms with Gasteiger partial charge in [-0.25, -0.2) is 0 Å². The van der Waals surface area contributed by atoms with Crippen LogP contribution in [0, 0.1) is 30.3 Å². The van der Waals surface area contributed by atoms with Crippen LogP contribution in [0.15, 0.2) is 42.5 Å². The number of para-hydroxylation sites is 1. The van der Waals surface area contributed by atoms with Crippen molar-refractivity contribution in [3.05, 3.63) is 83.9 Å². The first-order valence-electron chi connectivity index (χ1n) is 6.04. The van der Waals surface area contributed by atoms with E-state index >= 15 is 0 Å². The molecule has 2 rings (SSSR count). The van der Waals surface area contributed by atoms with Crippen molar-refractivity contribution in [2.75, 3.05) is 0 Å². The van der Waals surface area contributed by atoms with Crippen LogP contribution in [-0.2, 0) is 6.42 Å². The summed E-state index contributed by atoms with van der Waals surface area (Å²) < 4.78 is 0. The number of benzene rings is 2. The van der Waals surface area contributed by atoms with Crippen LogP contribution in [0.2, 0.25) is 0 Å². The van der Waals surface area contributed by atoms with E-state index in [0.29, 0.717) is 5.56 Å². The first-order valence-corrected chi connectivity index (χ1v) is 6.04. The summed E-state index contributed by atoms with van der Waals surface area (Å²) in [5.74, 6) is 0. The van der Waals surface area contributed by atoms with Gasteiger partial charge in [-0.05, 0) is 6.07 Å². The number of non-ortho nitro benzene ring substituents is 1. The maximum Gasteiger partial charge on any atom is 0.279 e. The third-order valence-electron chi connectivity index (χ3n) is 3.05. The molecule has 0 unspecified atom stereocenters. The molecule has 0 saturated heterocycles. The quantitative estimate of drug-likeness (QED) is 0.616. The fraction of sp³-hybridized carbons (Fsp3) is 0.0769. The molecule has 0 atom stereocenters. The molecule has 0 spiro atoms. The molecule has 0 radical (unpaired) electrons. The Morgan fingerprint density at radius 2 is 1.32 bits per heavy atom. The lowest BCUT2D eigenvalue weighted by Crippen LogP contribution is -2.01. The average molecular weight is 303 g/mol. The van der Waals surface area contributed by atoms with Gasteiger partial charge in [0.05, 0.1) is 20.8 Å². The Morgan fingerprint density at radius 3 is 1.91 bits per heavy atom. The maximum atomic E-state index is 11.1. The second-order valence-electron chi connectivity index (χ2n) is 4.39. The molecule has 2 aromatic rings. The third kappa shape index (κ3) is 3.03. The molecular formula is C13H9N3O6. The van der Waals surface area contributed by atoms with E-state index in [0.717, 1.165) is 12.1 Å². The van der Waals surface area contributed by atoms with Gasteiger partial charge in [-0.2, -0.15) is 0 Å². The molecule has 0 aromatic heterocycles. The normalized spacial score (nSPS) is 10.2. The van der Waals surface area contributed by atoms with Gasteiger partial charge in [-0.3, -0.25) is 30.3 Å². The number of hydrogen-bond donors (Lipinski definition) is 0. The van der Waals surface area contributed by atoms with Gasteiger partial charge >= 0.3 is 0 Å². The van der Waals surface area contributed by atoms with Crippen LogP contribution in [0.4, 0.5) is 17.1 Å². The summed E-state index contributed by atoms with van der Waals surface area (Å²) in [6.07, 6.45) is -0.0640. The number of hydrogen-bond acceptors (Lipinski definition) is 6. The number of nitro groups is 3. The molecule has 9 heteroatoms. The Labute approximate surface area is 123 Å². The summed E-state index contributed by atoms with van der Waals surface area (Å²) in [6, 6.07) is 9.09. The van der Waals surface area contributed by atoms with Crippen molar-refractivity contribution in [3.63, 3.8) is 0 Å². The van der Waals surface area contributed by atoms with Gasteiger partial charge in [-0.15, -0.1) is 0 Å². The molecule has 2 aromatic carbocycles. The van der Waals surface area contributed by atoms with Crippen LogP contribution >= 0.6 is 0 Å². The van der Waals surface area contributed by atoms with E-state index in [1.165, 1.54) is 24.3 Å². The van der Waals surface area contributed by atoms with E-state index in [4.69, 9.17) is 0 Å². The van der Waals surface area contributed by atoms with Crippen molar-refractivity contribution >= 4 is 17.1 Å². The van der Waals surface area contributed by atoms with Gasteiger partial charge in [0.1, 0.15) is 0 Å². The van der Waals surface area contributed by atoms with Crippen molar-refractivity contribution in [3.8, 4) is 0 Å². The van der Waals surface area contributed by atoms with Gasteiger partial charge in [-0.1, -0.05) is 18.2 Å². The summed E-state index contributed by atoms with van der Waals surface area (Å²) in [7, 11) is 0. The fourth-order valence-electron chi connectivity index (χ4n) is 2.03. The first kappa shape index (κ1) is 15.0. The monoisotopic (exact) mass is 303 g/mol. The molecular weight excluding hydrogens is 294 g/mol. The van der Waals surface area contributed by atoms with Crippen LogP contribution in [0.25, 0.3) is 0 Å². The van der Waals surface area contributed by atoms with Crippen LogP contribution in [0.1, 0.15) is 11.1 Å². The number of nitro benzene ring substituents is 3. The molecule has 0 aliphatic carbocycles. The highest BCUT2D eigenvalue weighted by atomic mass is 16.6. The summed E-state index contributed by atoms with van der Waals surface area (Å²) in [6.45, 7) is 0. The predicted octanol–water partition coefficient (Wildman–Crippen LogP) is 3.00. The Kier molecular flexibility index (Phi) is 4.07. The predicted molar refractivity (Wildman–Crippen MR) is 75.7 cm³/mol. The van der Waals surface area contributed by atoms with Gasteiger partial charge in [0, 0.05) is 29.7 Å². The van der Waals surface area contributed by atoms with E-state index < -0.39 is 26.1 Å². The van der Waals surface area contributed by atoms with E-state index in [1.54, 1.807) is 6.07 Å². The second kappa shape index (κ2) is 5.95. The first-order chi connectivity index (χ1) is 10.4. The van der Waals surface area contributed by atoms with E-state index in [9.17, 15) is 30.3 Å². The maximum absolute atomic E-state index is 11.1. The van der Waals surface area contributed by atoms with Crippen LogP contribution < -0.4 is 0 Å². The van der Waals surface area contributed by atoms with Crippen molar-refractivity contribution in [2.45, 2.75) is 6.42 Å². The Balaban J connectivity index is 2.48. The SMILES string of the molecule is O=[N+]([O-])c1ccc(Cc2ccccc2[N+](=O)[O-])c([N+](=O)[O-])c1. The molecule has 0 amide bonds. The summed E-state index contributed by atoms with van der Waals surface area (Å²) in [5.41, 5.74) is -0.533. The van der Waals surface area contributed by atoms with Crippen LogP contribution in [-0.4, -0.2) is 14.8 Å². The zero-order chi connectivity index (χ0) is 16.3.